The molecule has 23 heavy (non-hydrogen) atoms. The van der Waals surface area contributed by atoms with Crippen LogP contribution in [0.1, 0.15) is 16.1 Å². The normalized spacial score (nSPS) is 10.5. The highest BCUT2D eigenvalue weighted by atomic mass is 16.5. The molecule has 0 radical (unpaired) electrons. The third-order valence-corrected chi connectivity index (χ3v) is 3.48. The first-order valence-corrected chi connectivity index (χ1v) is 7.14. The van der Waals surface area contributed by atoms with E-state index in [0.29, 0.717) is 17.0 Å². The number of aryl methyl sites for hydroxylation is 1. The number of esters is 1. The zero-order valence-corrected chi connectivity index (χ0v) is 12.5. The zero-order chi connectivity index (χ0) is 16.2. The fourth-order valence-electron chi connectivity index (χ4n) is 2.33. The van der Waals surface area contributed by atoms with Crippen LogP contribution >= 0.6 is 0 Å². The van der Waals surface area contributed by atoms with Crippen molar-refractivity contribution in [2.24, 2.45) is 0 Å². The minimum atomic E-state index is -0.579. The maximum atomic E-state index is 12.0. The van der Waals surface area contributed by atoms with Gasteiger partial charge in [0.1, 0.15) is 11.3 Å². The van der Waals surface area contributed by atoms with Gasteiger partial charge in [0.25, 0.3) is 5.91 Å². The van der Waals surface area contributed by atoms with Gasteiger partial charge >= 0.3 is 5.97 Å². The van der Waals surface area contributed by atoms with Crippen molar-refractivity contribution in [3.63, 3.8) is 0 Å². The lowest BCUT2D eigenvalue weighted by Gasteiger charge is -2.09. The monoisotopic (exact) mass is 309 g/mol. The predicted molar refractivity (Wildman–Crippen MR) is 86.3 cm³/mol. The van der Waals surface area contributed by atoms with E-state index in [1.807, 2.05) is 42.5 Å². The number of hydrogen-bond acceptors (Lipinski definition) is 4. The van der Waals surface area contributed by atoms with Crippen molar-refractivity contribution < 1.29 is 18.7 Å². The molecular formula is C18H15NO4. The predicted octanol–water partition coefficient (Wildman–Crippen LogP) is 3.54. The number of amides is 1. The minimum Gasteiger partial charge on any atom is -0.469 e. The molecule has 1 heterocycles. The maximum Gasteiger partial charge on any atom is 0.342 e. The molecule has 1 aromatic heterocycles. The number of nitrogens with one attached hydrogen (secondary N) is 1. The highest BCUT2D eigenvalue weighted by Gasteiger charge is 2.15. The van der Waals surface area contributed by atoms with Crippen LogP contribution in [0.4, 0.5) is 5.69 Å². The van der Waals surface area contributed by atoms with Gasteiger partial charge in [0, 0.05) is 11.1 Å². The average molecular weight is 309 g/mol. The highest BCUT2D eigenvalue weighted by Crippen LogP contribution is 2.22. The van der Waals surface area contributed by atoms with Gasteiger partial charge in [-0.05, 0) is 24.4 Å². The lowest BCUT2D eigenvalue weighted by molar-refractivity contribution is -0.119. The second kappa shape index (κ2) is 6.36. The molecule has 116 valence electrons. The summed E-state index contributed by atoms with van der Waals surface area (Å²) in [4.78, 5) is 23.8. The number of ether oxygens (including phenoxy) is 1. The smallest absolute Gasteiger partial charge is 0.342 e. The number of carbonyl (C=O) groups is 2. The fourth-order valence-corrected chi connectivity index (χ4v) is 2.33. The third-order valence-electron chi connectivity index (χ3n) is 3.48. The molecule has 5 nitrogen and oxygen atoms in total. The van der Waals surface area contributed by atoms with Gasteiger partial charge in [0.2, 0.25) is 0 Å². The van der Waals surface area contributed by atoms with Crippen molar-refractivity contribution in [2.45, 2.75) is 6.92 Å². The zero-order valence-electron chi connectivity index (χ0n) is 12.5. The molecule has 0 atom stereocenters. The summed E-state index contributed by atoms with van der Waals surface area (Å²) < 4.78 is 10.0. The van der Waals surface area contributed by atoms with Gasteiger partial charge in [-0.1, -0.05) is 36.4 Å². The van der Waals surface area contributed by atoms with E-state index < -0.39 is 11.9 Å². The van der Waals surface area contributed by atoms with E-state index in [4.69, 9.17) is 9.15 Å². The number of furan rings is 1. The first kappa shape index (κ1) is 14.8. The third kappa shape index (κ3) is 3.23. The quantitative estimate of drug-likeness (QED) is 0.748. The Morgan fingerprint density at radius 3 is 2.65 bits per heavy atom. The fraction of sp³-hybridized carbons (Fsp3) is 0.111. The standard InChI is InChI=1S/C18H15NO4/c1-12-14(9-10-22-12)18(21)23-11-17(20)19-16-8-4-6-13-5-2-3-7-15(13)16/h2-10H,11H2,1H3,(H,19,20). The highest BCUT2D eigenvalue weighted by molar-refractivity contribution is 6.03. The molecule has 0 aliphatic heterocycles. The van der Waals surface area contributed by atoms with Gasteiger partial charge in [0.05, 0.1) is 6.26 Å². The van der Waals surface area contributed by atoms with Crippen LogP contribution in [0, 0.1) is 6.92 Å². The molecule has 0 saturated heterocycles. The van der Waals surface area contributed by atoms with Gasteiger partial charge in [-0.15, -0.1) is 0 Å². The topological polar surface area (TPSA) is 68.5 Å². The number of benzene rings is 2. The lowest BCUT2D eigenvalue weighted by Crippen LogP contribution is -2.21. The molecule has 1 amide bonds. The second-order valence-electron chi connectivity index (χ2n) is 5.04. The lowest BCUT2D eigenvalue weighted by atomic mass is 10.1. The van der Waals surface area contributed by atoms with Crippen LogP contribution in [0.25, 0.3) is 10.8 Å². The summed E-state index contributed by atoms with van der Waals surface area (Å²) in [5.41, 5.74) is 1.01. The van der Waals surface area contributed by atoms with E-state index in [0.717, 1.165) is 10.8 Å². The van der Waals surface area contributed by atoms with Crippen LogP contribution in [0.2, 0.25) is 0 Å². The van der Waals surface area contributed by atoms with E-state index in [2.05, 4.69) is 5.32 Å². The number of rotatable bonds is 4. The van der Waals surface area contributed by atoms with E-state index in [1.54, 1.807) is 6.92 Å². The number of fused-ring (bicyclic) bond motifs is 1. The van der Waals surface area contributed by atoms with Crippen molar-refractivity contribution in [2.75, 3.05) is 11.9 Å². The summed E-state index contributed by atoms with van der Waals surface area (Å²) in [5, 5.41) is 4.72. The molecule has 0 bridgehead atoms. The van der Waals surface area contributed by atoms with E-state index in [9.17, 15) is 9.59 Å². The van der Waals surface area contributed by atoms with Gasteiger partial charge in [-0.3, -0.25) is 4.79 Å². The van der Waals surface area contributed by atoms with Crippen molar-refractivity contribution >= 4 is 28.3 Å². The summed E-state index contributed by atoms with van der Waals surface area (Å²) in [5.74, 6) is -0.510. The molecule has 3 rings (SSSR count). The Morgan fingerprint density at radius 1 is 1.09 bits per heavy atom. The maximum absolute atomic E-state index is 12.0. The Labute approximate surface area is 132 Å². The Bertz CT molecular complexity index is 861. The van der Waals surface area contributed by atoms with Crippen molar-refractivity contribution in [3.8, 4) is 0 Å². The molecular weight excluding hydrogens is 294 g/mol. The molecule has 0 aliphatic rings. The van der Waals surface area contributed by atoms with Gasteiger partial charge < -0.3 is 14.5 Å². The molecule has 5 heteroatoms. The summed E-state index contributed by atoms with van der Waals surface area (Å²) >= 11 is 0. The van der Waals surface area contributed by atoms with E-state index in [1.165, 1.54) is 12.3 Å². The van der Waals surface area contributed by atoms with Gasteiger partial charge in [-0.2, -0.15) is 0 Å². The molecule has 3 aromatic rings. The van der Waals surface area contributed by atoms with Gasteiger partial charge in [-0.25, -0.2) is 4.79 Å². The Balaban J connectivity index is 1.65. The number of hydrogen-bond donors (Lipinski definition) is 1. The molecule has 0 aliphatic carbocycles. The Hall–Kier alpha value is -3.08. The summed E-state index contributed by atoms with van der Waals surface area (Å²) in [6.45, 7) is 1.31. The van der Waals surface area contributed by atoms with Crippen LogP contribution in [0.3, 0.4) is 0 Å². The largest absolute Gasteiger partial charge is 0.469 e. The summed E-state index contributed by atoms with van der Waals surface area (Å²) in [6, 6.07) is 14.9. The first-order chi connectivity index (χ1) is 11.1. The molecule has 1 N–H and O–H groups in total. The van der Waals surface area contributed by atoms with Crippen LogP contribution in [-0.2, 0) is 9.53 Å². The number of anilines is 1. The summed E-state index contributed by atoms with van der Waals surface area (Å²) in [7, 11) is 0. The van der Waals surface area contributed by atoms with Crippen LogP contribution in [-0.4, -0.2) is 18.5 Å². The average Bonchev–Trinajstić information content (AvgIpc) is 2.99. The first-order valence-electron chi connectivity index (χ1n) is 7.14. The molecule has 0 saturated carbocycles. The van der Waals surface area contributed by atoms with Crippen molar-refractivity contribution in [3.05, 3.63) is 66.1 Å². The Morgan fingerprint density at radius 2 is 1.87 bits per heavy atom. The van der Waals surface area contributed by atoms with Crippen molar-refractivity contribution in [1.29, 1.82) is 0 Å². The molecule has 0 spiro atoms. The van der Waals surface area contributed by atoms with Crippen LogP contribution < -0.4 is 5.32 Å². The minimum absolute atomic E-state index is 0.322. The molecule has 0 fully saturated rings. The van der Waals surface area contributed by atoms with E-state index in [-0.39, 0.29) is 6.61 Å². The SMILES string of the molecule is Cc1occc1C(=O)OCC(=O)Nc1cccc2ccccc12. The van der Waals surface area contributed by atoms with Crippen molar-refractivity contribution in [1.82, 2.24) is 0 Å². The molecule has 2 aromatic carbocycles. The summed E-state index contributed by atoms with van der Waals surface area (Å²) in [6.07, 6.45) is 1.40. The van der Waals surface area contributed by atoms with Crippen LogP contribution in [0.15, 0.2) is 59.2 Å². The Kier molecular flexibility index (Phi) is 4.10. The number of carbonyl (C=O) groups excluding carboxylic acids is 2. The molecule has 0 unspecified atom stereocenters. The van der Waals surface area contributed by atoms with Crippen LogP contribution in [0.5, 0.6) is 0 Å². The van der Waals surface area contributed by atoms with Gasteiger partial charge in [0.15, 0.2) is 6.61 Å². The second-order valence-corrected chi connectivity index (χ2v) is 5.04. The van der Waals surface area contributed by atoms with E-state index >= 15 is 0 Å².